The van der Waals surface area contributed by atoms with Gasteiger partial charge in [-0.05, 0) is 25.5 Å². The van der Waals surface area contributed by atoms with Crippen LogP contribution in [0.25, 0.3) is 6.08 Å². The number of esters is 1. The second-order valence-electron chi connectivity index (χ2n) is 4.86. The Balaban J connectivity index is 2.16. The Morgan fingerprint density at radius 1 is 0.955 bits per heavy atom. The third-order valence-corrected chi connectivity index (χ3v) is 3.19. The van der Waals surface area contributed by atoms with E-state index in [1.165, 1.54) is 0 Å². The quantitative estimate of drug-likeness (QED) is 0.477. The topological polar surface area (TPSA) is 43.4 Å². The third-order valence-electron chi connectivity index (χ3n) is 3.19. The molecule has 0 spiro atoms. The van der Waals surface area contributed by atoms with Crippen LogP contribution in [0.4, 0.5) is 0 Å². The number of ketones is 1. The molecule has 2 rings (SSSR count). The van der Waals surface area contributed by atoms with E-state index < -0.39 is 0 Å². The number of ether oxygens (including phenoxy) is 1. The lowest BCUT2D eigenvalue weighted by atomic mass is 10.0. The molecule has 0 atom stereocenters. The molecule has 0 heterocycles. The molecule has 3 nitrogen and oxygen atoms in total. The average Bonchev–Trinajstić information content (AvgIpc) is 2.56. The summed E-state index contributed by atoms with van der Waals surface area (Å²) in [6.07, 6.45) is 1.74. The van der Waals surface area contributed by atoms with E-state index in [2.05, 4.69) is 0 Å². The van der Waals surface area contributed by atoms with Crippen LogP contribution >= 0.6 is 0 Å². The van der Waals surface area contributed by atoms with Crippen molar-refractivity contribution in [3.05, 3.63) is 76.9 Å². The summed E-state index contributed by atoms with van der Waals surface area (Å²) < 4.78 is 4.93. The highest BCUT2D eigenvalue weighted by Gasteiger charge is 2.08. The molecule has 112 valence electrons. The Morgan fingerprint density at radius 3 is 2.14 bits per heavy atom. The lowest BCUT2D eigenvalue weighted by Gasteiger charge is -2.03. The Labute approximate surface area is 130 Å². The third kappa shape index (κ3) is 3.92. The molecule has 0 N–H and O–H groups in total. The first-order chi connectivity index (χ1) is 10.6. The smallest absolute Gasteiger partial charge is 0.333 e. The molecule has 0 bridgehead atoms. The van der Waals surface area contributed by atoms with Crippen molar-refractivity contribution in [2.45, 2.75) is 13.8 Å². The number of carbonyl (C=O) groups is 2. The summed E-state index contributed by atoms with van der Waals surface area (Å²) in [5.41, 5.74) is 2.67. The predicted octanol–water partition coefficient (Wildman–Crippen LogP) is 3.88. The maximum absolute atomic E-state index is 12.3. The van der Waals surface area contributed by atoms with Gasteiger partial charge in [-0.1, -0.05) is 54.6 Å². The number of benzene rings is 2. The lowest BCUT2D eigenvalue weighted by Crippen LogP contribution is -2.04. The lowest BCUT2D eigenvalue weighted by molar-refractivity contribution is -0.138. The summed E-state index contributed by atoms with van der Waals surface area (Å²) in [7, 11) is 0. The van der Waals surface area contributed by atoms with Crippen LogP contribution in [0.15, 0.2) is 60.2 Å². The largest absolute Gasteiger partial charge is 0.463 e. The SMILES string of the molecule is CCOC(=O)/C(C)=C/c1ccc(C(=O)c2ccccc2)cc1. The Hall–Kier alpha value is -2.68. The molecule has 2 aromatic rings. The van der Waals surface area contributed by atoms with Gasteiger partial charge in [0.25, 0.3) is 0 Å². The van der Waals surface area contributed by atoms with Crippen molar-refractivity contribution in [1.29, 1.82) is 0 Å². The molecule has 0 fully saturated rings. The Morgan fingerprint density at radius 2 is 1.55 bits per heavy atom. The maximum Gasteiger partial charge on any atom is 0.333 e. The number of hydrogen-bond acceptors (Lipinski definition) is 3. The zero-order valence-corrected chi connectivity index (χ0v) is 12.7. The molecular weight excluding hydrogens is 276 g/mol. The van der Waals surface area contributed by atoms with Crippen LogP contribution < -0.4 is 0 Å². The van der Waals surface area contributed by atoms with Crippen LogP contribution in [0.3, 0.4) is 0 Å². The van der Waals surface area contributed by atoms with Crippen LogP contribution in [0, 0.1) is 0 Å². The van der Waals surface area contributed by atoms with Gasteiger partial charge in [0.15, 0.2) is 5.78 Å². The van der Waals surface area contributed by atoms with Gasteiger partial charge in [-0.15, -0.1) is 0 Å². The van der Waals surface area contributed by atoms with Gasteiger partial charge in [-0.2, -0.15) is 0 Å². The molecule has 22 heavy (non-hydrogen) atoms. The van der Waals surface area contributed by atoms with Crippen molar-refractivity contribution in [1.82, 2.24) is 0 Å². The highest BCUT2D eigenvalue weighted by Crippen LogP contribution is 2.13. The van der Waals surface area contributed by atoms with Gasteiger partial charge in [0.2, 0.25) is 0 Å². The van der Waals surface area contributed by atoms with E-state index in [0.29, 0.717) is 23.3 Å². The molecular formula is C19H18O3. The predicted molar refractivity (Wildman–Crippen MR) is 86.6 cm³/mol. The monoisotopic (exact) mass is 294 g/mol. The molecule has 0 aromatic heterocycles. The van der Waals surface area contributed by atoms with Gasteiger partial charge in [0.1, 0.15) is 0 Å². The molecule has 0 aliphatic rings. The zero-order chi connectivity index (χ0) is 15.9. The summed E-state index contributed by atoms with van der Waals surface area (Å²) in [5.74, 6) is -0.342. The summed E-state index contributed by atoms with van der Waals surface area (Å²) in [6.45, 7) is 3.84. The summed E-state index contributed by atoms with van der Waals surface area (Å²) in [5, 5.41) is 0. The van der Waals surface area contributed by atoms with E-state index >= 15 is 0 Å². The minimum Gasteiger partial charge on any atom is -0.463 e. The molecule has 3 heteroatoms. The van der Waals surface area contributed by atoms with Crippen LogP contribution in [0.1, 0.15) is 35.3 Å². The number of carbonyl (C=O) groups excluding carboxylic acids is 2. The summed E-state index contributed by atoms with van der Waals surface area (Å²) in [6, 6.07) is 16.3. The molecule has 2 aromatic carbocycles. The van der Waals surface area contributed by atoms with E-state index in [1.807, 2.05) is 30.3 Å². The summed E-state index contributed by atoms with van der Waals surface area (Å²) in [4.78, 5) is 23.8. The standard InChI is InChI=1S/C19H18O3/c1-3-22-19(21)14(2)13-15-9-11-17(12-10-15)18(20)16-7-5-4-6-8-16/h4-13H,3H2,1-2H3/b14-13+. The van der Waals surface area contributed by atoms with E-state index in [4.69, 9.17) is 4.74 Å². The molecule has 0 saturated heterocycles. The van der Waals surface area contributed by atoms with Crippen molar-refractivity contribution < 1.29 is 14.3 Å². The van der Waals surface area contributed by atoms with Gasteiger partial charge < -0.3 is 4.74 Å². The van der Waals surface area contributed by atoms with Gasteiger partial charge in [-0.25, -0.2) is 4.79 Å². The first-order valence-electron chi connectivity index (χ1n) is 7.17. The Bertz CT molecular complexity index is 682. The fourth-order valence-corrected chi connectivity index (χ4v) is 2.04. The molecule has 0 amide bonds. The minimum absolute atomic E-state index is 0.0155. The second kappa shape index (κ2) is 7.36. The van der Waals surface area contributed by atoms with E-state index in [-0.39, 0.29) is 11.8 Å². The van der Waals surface area contributed by atoms with E-state index in [0.717, 1.165) is 5.56 Å². The highest BCUT2D eigenvalue weighted by molar-refractivity contribution is 6.09. The number of hydrogen-bond donors (Lipinski definition) is 0. The maximum atomic E-state index is 12.3. The molecule has 0 unspecified atom stereocenters. The molecule has 0 aliphatic heterocycles. The van der Waals surface area contributed by atoms with Crippen LogP contribution in [0.2, 0.25) is 0 Å². The van der Waals surface area contributed by atoms with Crippen molar-refractivity contribution in [3.63, 3.8) is 0 Å². The van der Waals surface area contributed by atoms with E-state index in [9.17, 15) is 9.59 Å². The van der Waals surface area contributed by atoms with Crippen molar-refractivity contribution in [3.8, 4) is 0 Å². The van der Waals surface area contributed by atoms with Crippen LogP contribution in [-0.2, 0) is 9.53 Å². The van der Waals surface area contributed by atoms with Crippen molar-refractivity contribution in [2.75, 3.05) is 6.61 Å². The highest BCUT2D eigenvalue weighted by atomic mass is 16.5. The first kappa shape index (κ1) is 15.7. The number of rotatable bonds is 5. The Kier molecular flexibility index (Phi) is 5.26. The molecule has 0 aliphatic carbocycles. The zero-order valence-electron chi connectivity index (χ0n) is 12.7. The van der Waals surface area contributed by atoms with Gasteiger partial charge in [-0.3, -0.25) is 4.79 Å². The summed E-state index contributed by atoms with van der Waals surface area (Å²) >= 11 is 0. The fourth-order valence-electron chi connectivity index (χ4n) is 2.04. The van der Waals surface area contributed by atoms with Crippen molar-refractivity contribution in [2.24, 2.45) is 0 Å². The van der Waals surface area contributed by atoms with Crippen molar-refractivity contribution >= 4 is 17.8 Å². The fraction of sp³-hybridized carbons (Fsp3) is 0.158. The van der Waals surface area contributed by atoms with E-state index in [1.54, 1.807) is 44.2 Å². The van der Waals surface area contributed by atoms with Gasteiger partial charge in [0, 0.05) is 16.7 Å². The van der Waals surface area contributed by atoms with Crippen LogP contribution in [0.5, 0.6) is 0 Å². The average molecular weight is 294 g/mol. The second-order valence-corrected chi connectivity index (χ2v) is 4.86. The normalized spacial score (nSPS) is 11.1. The first-order valence-corrected chi connectivity index (χ1v) is 7.17. The minimum atomic E-state index is -0.327. The van der Waals surface area contributed by atoms with Crippen LogP contribution in [-0.4, -0.2) is 18.4 Å². The molecule has 0 saturated carbocycles. The van der Waals surface area contributed by atoms with Gasteiger partial charge in [0.05, 0.1) is 6.61 Å². The van der Waals surface area contributed by atoms with Gasteiger partial charge >= 0.3 is 5.97 Å². The molecule has 0 radical (unpaired) electrons.